The molecule has 2 heteroatoms. The van der Waals surface area contributed by atoms with Gasteiger partial charge in [-0.3, -0.25) is 0 Å². The van der Waals surface area contributed by atoms with Crippen molar-refractivity contribution in [1.29, 1.82) is 0 Å². The van der Waals surface area contributed by atoms with Gasteiger partial charge in [0.05, 0.1) is 0 Å². The van der Waals surface area contributed by atoms with Gasteiger partial charge in [0.2, 0.25) is 0 Å². The number of anilines is 1. The second-order valence-electron chi connectivity index (χ2n) is 4.72. The summed E-state index contributed by atoms with van der Waals surface area (Å²) in [7, 11) is 0. The zero-order chi connectivity index (χ0) is 12.4. The minimum atomic E-state index is -0.875. The Bertz CT molecular complexity index is 524. The van der Waals surface area contributed by atoms with Crippen LogP contribution in [0.3, 0.4) is 0 Å². The molecule has 0 saturated heterocycles. The highest BCUT2D eigenvalue weighted by Gasteiger charge is 2.25. The predicted octanol–water partition coefficient (Wildman–Crippen LogP) is 3.94. The van der Waals surface area contributed by atoms with E-state index in [2.05, 4.69) is 6.07 Å². The molecule has 0 N–H and O–H groups in total. The van der Waals surface area contributed by atoms with Gasteiger partial charge < -0.3 is 4.90 Å². The molecule has 2 aromatic carbocycles. The highest BCUT2D eigenvalue weighted by atomic mass is 19.1. The Hall–Kier alpha value is -1.83. The van der Waals surface area contributed by atoms with Crippen molar-refractivity contribution in [3.05, 3.63) is 65.7 Å². The predicted molar refractivity (Wildman–Crippen MR) is 72.3 cm³/mol. The molecule has 2 aromatic rings. The first-order chi connectivity index (χ1) is 8.84. The molecular formula is C16H16FN. The van der Waals surface area contributed by atoms with Crippen LogP contribution in [0.5, 0.6) is 0 Å². The Morgan fingerprint density at radius 2 is 1.72 bits per heavy atom. The van der Waals surface area contributed by atoms with Gasteiger partial charge in [0, 0.05) is 18.7 Å². The van der Waals surface area contributed by atoms with Gasteiger partial charge in [-0.1, -0.05) is 48.5 Å². The lowest BCUT2D eigenvalue weighted by Crippen LogP contribution is -2.35. The monoisotopic (exact) mass is 241 g/mol. The van der Waals surface area contributed by atoms with Gasteiger partial charge in [0.25, 0.3) is 0 Å². The lowest BCUT2D eigenvalue weighted by atomic mass is 10.0. The Morgan fingerprint density at radius 1 is 1.00 bits per heavy atom. The van der Waals surface area contributed by atoms with Gasteiger partial charge in [0.1, 0.15) is 0 Å². The quantitative estimate of drug-likeness (QED) is 0.720. The molecule has 0 spiro atoms. The van der Waals surface area contributed by atoms with Gasteiger partial charge in [-0.2, -0.15) is 0 Å². The molecular weight excluding hydrogens is 225 g/mol. The Morgan fingerprint density at radius 3 is 2.56 bits per heavy atom. The van der Waals surface area contributed by atoms with Crippen LogP contribution in [0.25, 0.3) is 0 Å². The van der Waals surface area contributed by atoms with Crippen LogP contribution >= 0.6 is 0 Å². The third-order valence-electron chi connectivity index (χ3n) is 3.49. The van der Waals surface area contributed by atoms with Gasteiger partial charge in [-0.25, -0.2) is 4.39 Å². The fourth-order valence-electron chi connectivity index (χ4n) is 2.55. The summed E-state index contributed by atoms with van der Waals surface area (Å²) >= 11 is 0. The molecule has 0 amide bonds. The molecule has 1 nitrogen and oxygen atoms in total. The lowest BCUT2D eigenvalue weighted by molar-refractivity contribution is 0.288. The highest BCUT2D eigenvalue weighted by Crippen LogP contribution is 2.32. The van der Waals surface area contributed by atoms with Crippen LogP contribution in [0.4, 0.5) is 10.1 Å². The molecule has 1 aliphatic rings. The average molecular weight is 241 g/mol. The zero-order valence-electron chi connectivity index (χ0n) is 10.2. The van der Waals surface area contributed by atoms with Crippen molar-refractivity contribution in [1.82, 2.24) is 0 Å². The highest BCUT2D eigenvalue weighted by molar-refractivity contribution is 5.56. The van der Waals surface area contributed by atoms with E-state index in [0.29, 0.717) is 13.0 Å². The molecule has 1 unspecified atom stereocenters. The summed E-state index contributed by atoms with van der Waals surface area (Å²) < 4.78 is 14.1. The Balaban J connectivity index is 1.91. The van der Waals surface area contributed by atoms with E-state index in [1.807, 2.05) is 53.4 Å². The van der Waals surface area contributed by atoms with E-state index in [9.17, 15) is 4.39 Å². The van der Waals surface area contributed by atoms with E-state index in [4.69, 9.17) is 0 Å². The van der Waals surface area contributed by atoms with Crippen LogP contribution in [0.1, 0.15) is 17.5 Å². The summed E-state index contributed by atoms with van der Waals surface area (Å²) in [5.74, 6) is 0. The molecule has 1 aliphatic heterocycles. The van der Waals surface area contributed by atoms with Gasteiger partial charge in [0.15, 0.2) is 6.30 Å². The number of fused-ring (bicyclic) bond motifs is 1. The van der Waals surface area contributed by atoms with Crippen molar-refractivity contribution < 1.29 is 4.39 Å². The van der Waals surface area contributed by atoms with Crippen molar-refractivity contribution in [2.75, 3.05) is 4.90 Å². The normalized spacial score (nSPS) is 18.5. The number of nitrogens with zero attached hydrogens (tertiary/aromatic N) is 1. The minimum absolute atomic E-state index is 0.587. The molecule has 0 bridgehead atoms. The number of halogens is 1. The average Bonchev–Trinajstić information content (AvgIpc) is 2.43. The molecule has 0 aliphatic carbocycles. The molecule has 0 aromatic heterocycles. The van der Waals surface area contributed by atoms with Crippen molar-refractivity contribution in [3.63, 3.8) is 0 Å². The Labute approximate surface area is 107 Å². The van der Waals surface area contributed by atoms with E-state index >= 15 is 0 Å². The van der Waals surface area contributed by atoms with E-state index < -0.39 is 6.30 Å². The number of para-hydroxylation sites is 1. The zero-order valence-corrected chi connectivity index (χ0v) is 10.2. The first-order valence-corrected chi connectivity index (χ1v) is 6.37. The molecule has 0 fully saturated rings. The van der Waals surface area contributed by atoms with Crippen LogP contribution in [-0.4, -0.2) is 6.30 Å². The molecule has 0 saturated carbocycles. The first-order valence-electron chi connectivity index (χ1n) is 6.37. The summed E-state index contributed by atoms with van der Waals surface area (Å²) in [6, 6.07) is 18.2. The third-order valence-corrected chi connectivity index (χ3v) is 3.49. The second kappa shape index (κ2) is 4.81. The maximum Gasteiger partial charge on any atom is 0.173 e. The summed E-state index contributed by atoms with van der Waals surface area (Å²) in [4.78, 5) is 1.87. The van der Waals surface area contributed by atoms with Crippen LogP contribution in [0.15, 0.2) is 54.6 Å². The SMILES string of the molecule is FC1CCc2ccccc2N1Cc1ccccc1. The number of alkyl halides is 1. The summed E-state index contributed by atoms with van der Waals surface area (Å²) in [6.45, 7) is 0.638. The van der Waals surface area contributed by atoms with E-state index in [1.165, 1.54) is 5.56 Å². The standard InChI is InChI=1S/C16H16FN/c17-16-11-10-14-8-4-5-9-15(14)18(16)12-13-6-2-1-3-7-13/h1-9,16H,10-12H2. The second-order valence-corrected chi connectivity index (χ2v) is 4.72. The number of aryl methyl sites for hydroxylation is 1. The topological polar surface area (TPSA) is 3.24 Å². The number of benzene rings is 2. The molecule has 18 heavy (non-hydrogen) atoms. The van der Waals surface area contributed by atoms with E-state index in [1.54, 1.807) is 0 Å². The van der Waals surface area contributed by atoms with Crippen LogP contribution in [-0.2, 0) is 13.0 Å². The molecule has 92 valence electrons. The van der Waals surface area contributed by atoms with Gasteiger partial charge >= 0.3 is 0 Å². The smallest absolute Gasteiger partial charge is 0.173 e. The molecule has 1 heterocycles. The number of rotatable bonds is 2. The summed E-state index contributed by atoms with van der Waals surface area (Å²) in [5.41, 5.74) is 3.44. The van der Waals surface area contributed by atoms with Crippen LogP contribution in [0, 0.1) is 0 Å². The number of hydrogen-bond acceptors (Lipinski definition) is 1. The molecule has 3 rings (SSSR count). The minimum Gasteiger partial charge on any atom is -0.337 e. The fraction of sp³-hybridized carbons (Fsp3) is 0.250. The van der Waals surface area contributed by atoms with E-state index in [-0.39, 0.29) is 0 Å². The van der Waals surface area contributed by atoms with Gasteiger partial charge in [-0.05, 0) is 23.6 Å². The maximum absolute atomic E-state index is 14.1. The molecule has 1 atom stereocenters. The van der Waals surface area contributed by atoms with Crippen molar-refractivity contribution in [2.45, 2.75) is 25.7 Å². The van der Waals surface area contributed by atoms with Crippen molar-refractivity contribution in [3.8, 4) is 0 Å². The Kier molecular flexibility index (Phi) is 3.01. The number of hydrogen-bond donors (Lipinski definition) is 0. The van der Waals surface area contributed by atoms with Crippen molar-refractivity contribution in [2.24, 2.45) is 0 Å². The van der Waals surface area contributed by atoms with Crippen LogP contribution in [0.2, 0.25) is 0 Å². The lowest BCUT2D eigenvalue weighted by Gasteiger charge is -2.34. The van der Waals surface area contributed by atoms with E-state index in [0.717, 1.165) is 17.7 Å². The summed E-state index contributed by atoms with van der Waals surface area (Å²) in [5, 5.41) is 0. The maximum atomic E-state index is 14.1. The fourth-order valence-corrected chi connectivity index (χ4v) is 2.55. The van der Waals surface area contributed by atoms with Crippen molar-refractivity contribution >= 4 is 5.69 Å². The first kappa shape index (κ1) is 11.3. The largest absolute Gasteiger partial charge is 0.337 e. The van der Waals surface area contributed by atoms with Crippen LogP contribution < -0.4 is 4.90 Å². The molecule has 0 radical (unpaired) electrons. The van der Waals surface area contributed by atoms with Gasteiger partial charge in [-0.15, -0.1) is 0 Å². The third kappa shape index (κ3) is 2.10. The summed E-state index contributed by atoms with van der Waals surface area (Å²) in [6.07, 6.45) is 0.548.